The third kappa shape index (κ3) is 8.29. The standard InChI is InChI=1S/C34H63N3O9SSi2/c1-29(2,3)34(14)43-27(39)33(13,46-34)25(36-47(41)30(4,5)6)23-22(44-48(15,16)31(7,8)9)24(45-49(17,18)32(10,11)12)26(42-23)37-20-19-21(38)35-28(37)40/h19-20,22-26,36H,1-18H3,(H,35,38,40)/t22-,23+,24-,25-,26-,33-,34-,47+/m1/s1. The van der Waals surface area contributed by atoms with Crippen molar-refractivity contribution in [1.29, 1.82) is 0 Å². The first-order valence-corrected chi connectivity index (χ1v) is 24.1. The van der Waals surface area contributed by atoms with Crippen molar-refractivity contribution in [2.75, 3.05) is 0 Å². The monoisotopic (exact) mass is 745 g/mol. The smallest absolute Gasteiger partial charge is 0.342 e. The van der Waals surface area contributed by atoms with Gasteiger partial charge in [0.2, 0.25) is 5.79 Å². The predicted molar refractivity (Wildman–Crippen MR) is 198 cm³/mol. The lowest BCUT2D eigenvalue weighted by Crippen LogP contribution is -2.65. The van der Waals surface area contributed by atoms with Crippen LogP contribution in [0.5, 0.6) is 0 Å². The van der Waals surface area contributed by atoms with E-state index in [4.69, 9.17) is 23.1 Å². The molecule has 0 saturated carbocycles. The first-order valence-electron chi connectivity index (χ1n) is 17.1. The fourth-order valence-corrected chi connectivity index (χ4v) is 8.64. The number of hydrogen-bond donors (Lipinski definition) is 2. The number of hydrogen-bond acceptors (Lipinski definition) is 9. The summed E-state index contributed by atoms with van der Waals surface area (Å²) in [4.78, 5) is 42.1. The normalized spacial score (nSPS) is 30.4. The van der Waals surface area contributed by atoms with Crippen LogP contribution in [-0.2, 0) is 38.8 Å². The van der Waals surface area contributed by atoms with Gasteiger partial charge in [-0.25, -0.2) is 18.5 Å². The van der Waals surface area contributed by atoms with Crippen LogP contribution in [0.4, 0.5) is 0 Å². The molecule has 2 saturated heterocycles. The highest BCUT2D eigenvalue weighted by molar-refractivity contribution is 7.84. The summed E-state index contributed by atoms with van der Waals surface area (Å²) in [5.41, 5.74) is -3.57. The molecule has 0 aliphatic carbocycles. The molecule has 49 heavy (non-hydrogen) atoms. The molecule has 0 spiro atoms. The number of ether oxygens (including phenoxy) is 3. The second-order valence-electron chi connectivity index (χ2n) is 19.0. The Labute approximate surface area is 297 Å². The summed E-state index contributed by atoms with van der Waals surface area (Å²) in [5.74, 6) is -1.97. The van der Waals surface area contributed by atoms with Crippen LogP contribution in [0.2, 0.25) is 36.3 Å². The van der Waals surface area contributed by atoms with Gasteiger partial charge in [0.05, 0.1) is 21.8 Å². The van der Waals surface area contributed by atoms with E-state index in [1.165, 1.54) is 16.8 Å². The second kappa shape index (κ2) is 13.2. The number of carbonyl (C=O) groups excluding carboxylic acids is 1. The number of carbonyl (C=O) groups is 1. The molecule has 1 aromatic heterocycles. The molecule has 15 heteroatoms. The Morgan fingerprint density at radius 2 is 1.37 bits per heavy atom. The van der Waals surface area contributed by atoms with E-state index < -0.39 is 97.0 Å². The number of H-pyrrole nitrogens is 1. The van der Waals surface area contributed by atoms with Crippen molar-refractivity contribution in [1.82, 2.24) is 14.3 Å². The number of rotatable bonds is 9. The molecule has 0 unspecified atom stereocenters. The molecule has 2 fully saturated rings. The lowest BCUT2D eigenvalue weighted by atomic mass is 9.86. The van der Waals surface area contributed by atoms with Crippen molar-refractivity contribution in [2.24, 2.45) is 5.41 Å². The van der Waals surface area contributed by atoms with Gasteiger partial charge in [-0.1, -0.05) is 62.3 Å². The van der Waals surface area contributed by atoms with Crippen LogP contribution in [0, 0.1) is 5.41 Å². The number of aromatic amines is 1. The molecule has 2 aliphatic rings. The summed E-state index contributed by atoms with van der Waals surface area (Å²) in [7, 11) is -6.97. The van der Waals surface area contributed by atoms with Gasteiger partial charge in [0.1, 0.15) is 18.3 Å². The minimum Gasteiger partial charge on any atom is -0.431 e. The maximum Gasteiger partial charge on any atom is 0.342 e. The van der Waals surface area contributed by atoms with Crippen molar-refractivity contribution in [2.45, 2.75) is 180 Å². The van der Waals surface area contributed by atoms with Gasteiger partial charge in [-0.15, -0.1) is 0 Å². The van der Waals surface area contributed by atoms with Crippen LogP contribution in [0.15, 0.2) is 21.9 Å². The van der Waals surface area contributed by atoms with Crippen molar-refractivity contribution in [3.63, 3.8) is 0 Å². The van der Waals surface area contributed by atoms with Gasteiger partial charge in [0.15, 0.2) is 28.5 Å². The highest BCUT2D eigenvalue weighted by atomic mass is 32.2. The number of esters is 1. The first kappa shape index (κ1) is 42.0. The number of cyclic esters (lactones) is 1. The fourth-order valence-electron chi connectivity index (χ4n) is 5.11. The van der Waals surface area contributed by atoms with E-state index in [0.717, 1.165) is 0 Å². The van der Waals surface area contributed by atoms with Gasteiger partial charge in [-0.2, -0.15) is 0 Å². The van der Waals surface area contributed by atoms with Crippen LogP contribution < -0.4 is 16.0 Å². The average Bonchev–Trinajstić information content (AvgIpc) is 3.33. The summed E-state index contributed by atoms with van der Waals surface area (Å²) in [5, 5.41) is -0.488. The Morgan fingerprint density at radius 1 is 0.878 bits per heavy atom. The van der Waals surface area contributed by atoms with Crippen molar-refractivity contribution >= 4 is 33.6 Å². The number of aromatic nitrogens is 2. The van der Waals surface area contributed by atoms with Gasteiger partial charge in [0.25, 0.3) is 5.56 Å². The second-order valence-corrected chi connectivity index (χ2v) is 30.5. The zero-order valence-corrected chi connectivity index (χ0v) is 35.9. The third-order valence-corrected chi connectivity index (χ3v) is 21.5. The van der Waals surface area contributed by atoms with Crippen LogP contribution >= 0.6 is 0 Å². The molecule has 3 heterocycles. The molecule has 0 aromatic carbocycles. The largest absolute Gasteiger partial charge is 0.431 e. The molecule has 0 amide bonds. The highest BCUT2D eigenvalue weighted by Crippen LogP contribution is 2.50. The average molecular weight is 746 g/mol. The Hall–Kier alpha value is -1.47. The highest BCUT2D eigenvalue weighted by Gasteiger charge is 2.67. The van der Waals surface area contributed by atoms with Crippen molar-refractivity contribution < 1.29 is 32.1 Å². The third-order valence-electron chi connectivity index (χ3n) is 11.0. The Morgan fingerprint density at radius 3 is 1.78 bits per heavy atom. The topological polar surface area (TPSA) is 147 Å². The molecular weight excluding hydrogens is 683 g/mol. The van der Waals surface area contributed by atoms with E-state index in [0.29, 0.717) is 0 Å². The van der Waals surface area contributed by atoms with E-state index in [-0.39, 0.29) is 10.1 Å². The quantitative estimate of drug-likeness (QED) is 0.239. The zero-order valence-electron chi connectivity index (χ0n) is 33.1. The van der Waals surface area contributed by atoms with E-state index in [1.807, 2.05) is 41.5 Å². The lowest BCUT2D eigenvalue weighted by molar-refractivity contribution is -0.237. The van der Waals surface area contributed by atoms with Gasteiger partial charge in [0, 0.05) is 24.6 Å². The molecule has 2 aliphatic heterocycles. The summed E-state index contributed by atoms with van der Waals surface area (Å²) < 4.78 is 51.8. The van der Waals surface area contributed by atoms with Crippen molar-refractivity contribution in [3.05, 3.63) is 33.1 Å². The molecule has 2 N–H and O–H groups in total. The molecule has 12 nitrogen and oxygen atoms in total. The maximum absolute atomic E-state index is 14.1. The van der Waals surface area contributed by atoms with Crippen LogP contribution in [-0.4, -0.2) is 76.9 Å². The van der Waals surface area contributed by atoms with Gasteiger partial charge < -0.3 is 23.1 Å². The van der Waals surface area contributed by atoms with Crippen LogP contribution in [0.25, 0.3) is 0 Å². The number of nitrogens with zero attached hydrogens (tertiary/aromatic N) is 1. The molecule has 3 rings (SSSR count). The van der Waals surface area contributed by atoms with Crippen LogP contribution in [0.3, 0.4) is 0 Å². The van der Waals surface area contributed by atoms with E-state index in [1.54, 1.807) is 13.8 Å². The van der Waals surface area contributed by atoms with E-state index >= 15 is 0 Å². The molecule has 8 atom stereocenters. The summed E-state index contributed by atoms with van der Waals surface area (Å²) in [6, 6.07) is 0.149. The summed E-state index contributed by atoms with van der Waals surface area (Å²) in [6.07, 6.45) is -2.48. The zero-order chi connectivity index (χ0) is 38.1. The predicted octanol–water partition coefficient (Wildman–Crippen LogP) is 5.73. The molecular formula is C34H63N3O9SSi2. The Kier molecular flexibility index (Phi) is 11.3. The van der Waals surface area contributed by atoms with Gasteiger partial charge in [-0.3, -0.25) is 14.3 Å². The SMILES string of the molecule is CC(C)(C)[S@](=O)N[C@H]([C@H]1O[C@@H](n2ccc(=O)[nH]c2=O)[C@H](O[Si](C)(C)C(C)(C)C)[C@@H]1O[Si](C)(C)C(C)(C)C)[C@@]1(C)O[C@](C)(C(C)(C)C)OC1=O. The Balaban J connectivity index is 2.40. The molecule has 1 aromatic rings. The maximum atomic E-state index is 14.1. The first-order chi connectivity index (χ1) is 21.7. The van der Waals surface area contributed by atoms with Gasteiger partial charge >= 0.3 is 11.7 Å². The number of nitrogens with one attached hydrogen (secondary N) is 2. The fraction of sp³-hybridized carbons (Fsp3) is 0.853. The molecule has 0 radical (unpaired) electrons. The van der Waals surface area contributed by atoms with Crippen molar-refractivity contribution in [3.8, 4) is 0 Å². The minimum absolute atomic E-state index is 0.239. The van der Waals surface area contributed by atoms with E-state index in [2.05, 4.69) is 77.4 Å². The van der Waals surface area contributed by atoms with E-state index in [9.17, 15) is 18.6 Å². The van der Waals surface area contributed by atoms with Crippen LogP contribution in [0.1, 0.15) is 103 Å². The summed E-state index contributed by atoms with van der Waals surface area (Å²) in [6.45, 7) is 35.7. The minimum atomic E-state index is -2.64. The molecule has 282 valence electrons. The van der Waals surface area contributed by atoms with Gasteiger partial charge in [-0.05, 0) is 64.0 Å². The summed E-state index contributed by atoms with van der Waals surface area (Å²) >= 11 is 0. The Bertz CT molecular complexity index is 1530. The lowest BCUT2D eigenvalue weighted by Gasteiger charge is -2.45. The molecule has 0 bridgehead atoms.